The summed E-state index contributed by atoms with van der Waals surface area (Å²) in [7, 11) is 0. The topological polar surface area (TPSA) is 139 Å². The number of anilines is 1. The molecule has 0 aliphatic heterocycles. The minimum absolute atomic E-state index is 0.103. The molecule has 1 aromatic rings. The fourth-order valence-corrected chi connectivity index (χ4v) is 4.54. The maximum Gasteiger partial charge on any atom is 0.305 e. The van der Waals surface area contributed by atoms with Crippen LogP contribution in [-0.2, 0) is 26.7 Å². The van der Waals surface area contributed by atoms with Crippen molar-refractivity contribution >= 4 is 41.9 Å². The summed E-state index contributed by atoms with van der Waals surface area (Å²) in [5, 5.41) is 10.7. The van der Waals surface area contributed by atoms with Crippen molar-refractivity contribution in [1.82, 2.24) is 0 Å². The summed E-state index contributed by atoms with van der Waals surface area (Å²) in [5.74, 6) is 0.112. The van der Waals surface area contributed by atoms with Gasteiger partial charge in [-0.15, -0.1) is 0 Å². The van der Waals surface area contributed by atoms with Crippen LogP contribution in [0.2, 0.25) is 0 Å². The van der Waals surface area contributed by atoms with E-state index < -0.39 is 14.2 Å². The number of Topliss-reactive ketones (excluding diaryl/α,β-unsaturated/α-hetero) is 1. The zero-order chi connectivity index (χ0) is 21.9. The fourth-order valence-electron chi connectivity index (χ4n) is 2.87. The van der Waals surface area contributed by atoms with E-state index in [1.54, 1.807) is 13.0 Å². The third kappa shape index (κ3) is 8.95. The molecule has 2 atom stereocenters. The van der Waals surface area contributed by atoms with E-state index in [4.69, 9.17) is 9.99 Å². The molecule has 9 nitrogen and oxygen atoms in total. The van der Waals surface area contributed by atoms with Gasteiger partial charge in [-0.3, -0.25) is 9.59 Å². The van der Waals surface area contributed by atoms with Crippen LogP contribution < -0.4 is 9.67 Å². The number of ether oxygens (including phenoxy) is 1. The number of ketones is 1. The van der Waals surface area contributed by atoms with Gasteiger partial charge >= 0.3 is 94.4 Å². The van der Waals surface area contributed by atoms with Crippen molar-refractivity contribution in [3.8, 4) is 0 Å². The van der Waals surface area contributed by atoms with Crippen molar-refractivity contribution in [2.24, 2.45) is 5.92 Å². The van der Waals surface area contributed by atoms with Gasteiger partial charge in [0.1, 0.15) is 5.78 Å². The first-order valence-corrected chi connectivity index (χ1v) is 12.7. The number of nitrogens with one attached hydrogen (secondary N) is 1. The number of amides is 1. The van der Waals surface area contributed by atoms with E-state index in [1.807, 2.05) is 0 Å². The molecule has 0 heterocycles. The molecule has 2 unspecified atom stereocenters. The van der Waals surface area contributed by atoms with Crippen molar-refractivity contribution in [1.29, 1.82) is 0 Å². The Morgan fingerprint density at radius 1 is 1.31 bits per heavy atom. The average Bonchev–Trinajstić information content (AvgIpc) is 3.10. The maximum absolute atomic E-state index is 11.4. The van der Waals surface area contributed by atoms with E-state index in [0.29, 0.717) is 18.8 Å². The van der Waals surface area contributed by atoms with Crippen LogP contribution in [0.4, 0.5) is 5.69 Å². The summed E-state index contributed by atoms with van der Waals surface area (Å²) in [6.07, 6.45) is 4.96. The molecule has 0 bridgehead atoms. The number of para-hydroxylation sites is 1. The first-order valence-electron chi connectivity index (χ1n) is 9.42. The Bertz CT molecular complexity index is 751. The van der Waals surface area contributed by atoms with Crippen molar-refractivity contribution in [2.75, 3.05) is 11.9 Å². The van der Waals surface area contributed by atoms with Gasteiger partial charge in [-0.1, -0.05) is 6.92 Å². The maximum atomic E-state index is 11.4. The zero-order valence-electron chi connectivity index (χ0n) is 16.6. The quantitative estimate of drug-likeness (QED) is 0.171. The SMILES string of the molecule is CC(=O)Nc1ccccc1[As](=O)(O)OO.CCC(=O)OCCCC1CCCC1=O. The first kappa shape index (κ1) is 25.1. The summed E-state index contributed by atoms with van der Waals surface area (Å²) in [6, 6.07) is 5.84. The molecule has 0 aromatic heterocycles. The van der Waals surface area contributed by atoms with E-state index in [-0.39, 0.29) is 27.8 Å². The molecule has 1 aliphatic carbocycles. The van der Waals surface area contributed by atoms with Gasteiger partial charge in [0, 0.05) is 18.8 Å². The Balaban J connectivity index is 0.000000291. The largest absolute Gasteiger partial charge is 0.466 e. The first-order chi connectivity index (χ1) is 13.7. The van der Waals surface area contributed by atoms with Gasteiger partial charge < -0.3 is 4.74 Å². The molecular formula is C19H28AsNO8. The normalized spacial score (nSPS) is 17.7. The Kier molecular flexibility index (Phi) is 10.9. The van der Waals surface area contributed by atoms with Crippen LogP contribution in [0.25, 0.3) is 0 Å². The van der Waals surface area contributed by atoms with Crippen LogP contribution in [0.3, 0.4) is 0 Å². The second-order valence-corrected chi connectivity index (χ2v) is 10.1. The molecule has 1 aliphatic rings. The predicted octanol–water partition coefficient (Wildman–Crippen LogP) is 1.79. The fraction of sp³-hybridized carbons (Fsp3) is 0.526. The number of carbonyl (C=O) groups is 3. The Hall–Kier alpha value is -1.93. The summed E-state index contributed by atoms with van der Waals surface area (Å²) in [6.45, 7) is 3.52. The van der Waals surface area contributed by atoms with E-state index in [0.717, 1.165) is 32.1 Å². The monoisotopic (exact) mass is 473 g/mol. The van der Waals surface area contributed by atoms with Crippen molar-refractivity contribution in [3.05, 3.63) is 24.3 Å². The van der Waals surface area contributed by atoms with E-state index in [9.17, 15) is 22.2 Å². The molecule has 1 saturated carbocycles. The smallest absolute Gasteiger partial charge is 0.305 e. The molecule has 1 amide bonds. The van der Waals surface area contributed by atoms with Gasteiger partial charge in [0.25, 0.3) is 0 Å². The van der Waals surface area contributed by atoms with Gasteiger partial charge in [0.15, 0.2) is 0 Å². The number of benzene rings is 1. The van der Waals surface area contributed by atoms with Crippen LogP contribution in [0, 0.1) is 5.92 Å². The van der Waals surface area contributed by atoms with Crippen LogP contribution in [0.1, 0.15) is 52.4 Å². The number of rotatable bonds is 8. The van der Waals surface area contributed by atoms with Gasteiger partial charge in [0.2, 0.25) is 0 Å². The molecule has 1 aromatic carbocycles. The molecule has 0 radical (unpaired) electrons. The van der Waals surface area contributed by atoms with Crippen molar-refractivity contribution in [3.63, 3.8) is 0 Å². The van der Waals surface area contributed by atoms with Crippen molar-refractivity contribution < 1.29 is 36.1 Å². The number of hydrogen-bond acceptors (Lipinski definition) is 7. The molecule has 3 N–H and O–H groups in total. The number of esters is 1. The van der Waals surface area contributed by atoms with E-state index in [1.165, 1.54) is 25.1 Å². The molecule has 10 heteroatoms. The number of carbonyl (C=O) groups excluding carboxylic acids is 3. The molecule has 162 valence electrons. The average molecular weight is 473 g/mol. The molecule has 0 saturated heterocycles. The second-order valence-electron chi connectivity index (χ2n) is 6.57. The summed E-state index contributed by atoms with van der Waals surface area (Å²) >= 11 is -4.92. The van der Waals surface area contributed by atoms with Crippen molar-refractivity contribution in [2.45, 2.75) is 52.4 Å². The second kappa shape index (κ2) is 12.6. The van der Waals surface area contributed by atoms with E-state index >= 15 is 0 Å². The Morgan fingerprint density at radius 2 is 2.00 bits per heavy atom. The van der Waals surface area contributed by atoms with Gasteiger partial charge in [-0.25, -0.2) is 0 Å². The predicted molar refractivity (Wildman–Crippen MR) is 106 cm³/mol. The number of hydrogen-bond donors (Lipinski definition) is 3. The molecular weight excluding hydrogens is 445 g/mol. The van der Waals surface area contributed by atoms with Gasteiger partial charge in [0.05, 0.1) is 6.61 Å². The van der Waals surface area contributed by atoms with Gasteiger partial charge in [-0.2, -0.15) is 0 Å². The minimum atomic E-state index is -4.92. The summed E-state index contributed by atoms with van der Waals surface area (Å²) in [4.78, 5) is 32.8. The summed E-state index contributed by atoms with van der Waals surface area (Å²) in [5.41, 5.74) is 0.157. The molecule has 0 spiro atoms. The Morgan fingerprint density at radius 3 is 2.55 bits per heavy atom. The molecule has 29 heavy (non-hydrogen) atoms. The standard InChI is InChI=1S/C11H18O3.C8H10AsNO5/c1-2-11(13)14-8-4-6-9-5-3-7-10(9)12;1-6(11)10-8-5-3-2-4-7(8)9(12,13)15-14/h9H,2-8H2,1H3;2-5,14H,1H3,(H,10,11)(H,12,13). The van der Waals surface area contributed by atoms with Crippen LogP contribution in [0.5, 0.6) is 0 Å². The van der Waals surface area contributed by atoms with Gasteiger partial charge in [-0.05, 0) is 25.7 Å². The van der Waals surface area contributed by atoms with Crippen LogP contribution >= 0.6 is 0 Å². The summed E-state index contributed by atoms with van der Waals surface area (Å²) < 4.78 is 29.1. The third-order valence-electron chi connectivity index (χ3n) is 4.31. The van der Waals surface area contributed by atoms with Crippen LogP contribution in [0.15, 0.2) is 24.3 Å². The minimum Gasteiger partial charge on any atom is -0.466 e. The zero-order valence-corrected chi connectivity index (χ0v) is 18.5. The van der Waals surface area contributed by atoms with E-state index in [2.05, 4.69) is 9.19 Å². The molecule has 1 fully saturated rings. The third-order valence-corrected chi connectivity index (χ3v) is 6.87. The van der Waals surface area contributed by atoms with Crippen LogP contribution in [-0.4, -0.2) is 47.8 Å². The Labute approximate surface area is 172 Å². The molecule has 2 rings (SSSR count).